The summed E-state index contributed by atoms with van der Waals surface area (Å²) in [6.07, 6.45) is 1.01. The Labute approximate surface area is 182 Å². The largest absolute Gasteiger partial charge is 0.492 e. The number of nitrogens with zero attached hydrogens (tertiary/aromatic N) is 2. The molecule has 0 N–H and O–H groups in total. The molecule has 5 nitrogen and oxygen atoms in total. The molecule has 0 atom stereocenters. The maximum atomic E-state index is 13.9. The smallest absolute Gasteiger partial charge is 0.256 e. The zero-order valence-corrected chi connectivity index (χ0v) is 18.2. The van der Waals surface area contributed by atoms with Crippen molar-refractivity contribution in [1.82, 2.24) is 9.80 Å². The predicted octanol–water partition coefficient (Wildman–Crippen LogP) is 4.12. The lowest BCUT2D eigenvalue weighted by Gasteiger charge is -2.33. The molecule has 0 radical (unpaired) electrons. The van der Waals surface area contributed by atoms with Gasteiger partial charge in [0.05, 0.1) is 12.1 Å². The highest BCUT2D eigenvalue weighted by molar-refractivity contribution is 9.10. The summed E-state index contributed by atoms with van der Waals surface area (Å²) in [6.45, 7) is 1.55. The number of halogens is 3. The van der Waals surface area contributed by atoms with Gasteiger partial charge in [0, 0.05) is 36.6 Å². The number of rotatable bonds is 6. The predicted molar refractivity (Wildman–Crippen MR) is 112 cm³/mol. The van der Waals surface area contributed by atoms with Crippen LogP contribution in [0.4, 0.5) is 8.78 Å². The minimum absolute atomic E-state index is 0.00877. The van der Waals surface area contributed by atoms with E-state index in [4.69, 9.17) is 4.74 Å². The fraction of sp³-hybridized carbons (Fsp3) is 0.364. The first kappa shape index (κ1) is 22.2. The van der Waals surface area contributed by atoms with Gasteiger partial charge in [0.2, 0.25) is 5.91 Å². The zero-order valence-electron chi connectivity index (χ0n) is 16.6. The summed E-state index contributed by atoms with van der Waals surface area (Å²) in [5.74, 6) is -1.52. The van der Waals surface area contributed by atoms with Crippen molar-refractivity contribution in [2.24, 2.45) is 5.92 Å². The van der Waals surface area contributed by atoms with Crippen molar-refractivity contribution in [2.75, 3.05) is 33.3 Å². The van der Waals surface area contributed by atoms with Gasteiger partial charge in [0.25, 0.3) is 5.91 Å². The van der Waals surface area contributed by atoms with Crippen LogP contribution in [0.5, 0.6) is 5.75 Å². The van der Waals surface area contributed by atoms with Gasteiger partial charge in [-0.1, -0.05) is 15.9 Å². The summed E-state index contributed by atoms with van der Waals surface area (Å²) in [6, 6.07) is 10.4. The molecular weight excluding hydrogens is 458 g/mol. The fourth-order valence-electron chi connectivity index (χ4n) is 3.42. The second kappa shape index (κ2) is 10.0. The minimum atomic E-state index is -0.872. The Morgan fingerprint density at radius 1 is 1.13 bits per heavy atom. The first-order chi connectivity index (χ1) is 14.3. The van der Waals surface area contributed by atoms with Crippen LogP contribution >= 0.6 is 15.9 Å². The summed E-state index contributed by atoms with van der Waals surface area (Å²) < 4.78 is 33.5. The summed E-state index contributed by atoms with van der Waals surface area (Å²) in [4.78, 5) is 28.3. The van der Waals surface area contributed by atoms with E-state index in [1.54, 1.807) is 11.9 Å². The third kappa shape index (κ3) is 5.56. The Bertz CT molecular complexity index is 900. The highest BCUT2D eigenvalue weighted by Crippen LogP contribution is 2.22. The van der Waals surface area contributed by atoms with E-state index < -0.39 is 17.5 Å². The van der Waals surface area contributed by atoms with E-state index in [2.05, 4.69) is 15.9 Å². The van der Waals surface area contributed by atoms with Crippen LogP contribution < -0.4 is 4.74 Å². The molecule has 0 aliphatic carbocycles. The Morgan fingerprint density at radius 3 is 2.43 bits per heavy atom. The van der Waals surface area contributed by atoms with Gasteiger partial charge in [0.1, 0.15) is 24.0 Å². The first-order valence-electron chi connectivity index (χ1n) is 9.73. The molecule has 8 heteroatoms. The summed E-state index contributed by atoms with van der Waals surface area (Å²) in [5.41, 5.74) is -0.150. The molecule has 1 aliphatic rings. The molecule has 1 aliphatic heterocycles. The van der Waals surface area contributed by atoms with E-state index in [0.717, 1.165) is 22.4 Å². The van der Waals surface area contributed by atoms with E-state index in [9.17, 15) is 18.4 Å². The highest BCUT2D eigenvalue weighted by atomic mass is 79.9. The van der Waals surface area contributed by atoms with Crippen LogP contribution in [0.25, 0.3) is 0 Å². The monoisotopic (exact) mass is 480 g/mol. The van der Waals surface area contributed by atoms with E-state index in [-0.39, 0.29) is 17.4 Å². The normalized spacial score (nSPS) is 14.5. The molecule has 2 aromatic carbocycles. The minimum Gasteiger partial charge on any atom is -0.492 e. The maximum Gasteiger partial charge on any atom is 0.256 e. The van der Waals surface area contributed by atoms with Crippen molar-refractivity contribution in [3.8, 4) is 5.75 Å². The third-order valence-corrected chi connectivity index (χ3v) is 5.71. The second-order valence-electron chi connectivity index (χ2n) is 7.25. The molecule has 1 heterocycles. The number of likely N-dealkylation sites (tertiary alicyclic amines) is 1. The maximum absolute atomic E-state index is 13.9. The van der Waals surface area contributed by atoms with E-state index >= 15 is 0 Å². The van der Waals surface area contributed by atoms with Crippen LogP contribution in [-0.4, -0.2) is 54.9 Å². The summed E-state index contributed by atoms with van der Waals surface area (Å²) in [7, 11) is 1.73. The number of hydrogen-bond donors (Lipinski definition) is 0. The van der Waals surface area contributed by atoms with E-state index in [1.165, 1.54) is 4.90 Å². The molecule has 160 valence electrons. The van der Waals surface area contributed by atoms with Gasteiger partial charge in [-0.15, -0.1) is 0 Å². The van der Waals surface area contributed by atoms with Crippen LogP contribution in [0.15, 0.2) is 46.9 Å². The molecule has 0 aromatic heterocycles. The first-order valence-corrected chi connectivity index (χ1v) is 10.5. The number of ether oxygens (including phenoxy) is 1. The number of amides is 2. The molecule has 0 spiro atoms. The lowest BCUT2D eigenvalue weighted by molar-refractivity contribution is -0.135. The molecule has 3 rings (SSSR count). The highest BCUT2D eigenvalue weighted by Gasteiger charge is 2.30. The quantitative estimate of drug-likeness (QED) is 0.624. The number of hydrogen-bond acceptors (Lipinski definition) is 3. The van der Waals surface area contributed by atoms with Gasteiger partial charge in [0.15, 0.2) is 0 Å². The molecule has 0 bridgehead atoms. The second-order valence-corrected chi connectivity index (χ2v) is 8.17. The van der Waals surface area contributed by atoms with Crippen molar-refractivity contribution in [2.45, 2.75) is 12.8 Å². The summed E-state index contributed by atoms with van der Waals surface area (Å²) in [5, 5.41) is 0. The molecule has 2 amide bonds. The van der Waals surface area contributed by atoms with Crippen LogP contribution in [0, 0.1) is 17.6 Å². The van der Waals surface area contributed by atoms with Crippen LogP contribution in [0.2, 0.25) is 0 Å². The van der Waals surface area contributed by atoms with Crippen LogP contribution in [-0.2, 0) is 4.79 Å². The van der Waals surface area contributed by atoms with Gasteiger partial charge in [-0.05, 0) is 49.2 Å². The van der Waals surface area contributed by atoms with Gasteiger partial charge in [-0.3, -0.25) is 9.59 Å². The topological polar surface area (TPSA) is 49.9 Å². The standard InChI is InChI=1S/C22H23BrF2N2O3/c1-26(12-13-30-18-5-2-16(23)3-6-18)21(28)15-8-10-27(11-9-15)22(29)19-7-4-17(24)14-20(19)25/h2-7,14-15H,8-13H2,1H3. The number of benzene rings is 2. The van der Waals surface area contributed by atoms with Crippen molar-refractivity contribution >= 4 is 27.7 Å². The molecule has 1 saturated heterocycles. The molecule has 1 fully saturated rings. The molecule has 2 aromatic rings. The fourth-order valence-corrected chi connectivity index (χ4v) is 3.68. The Balaban J connectivity index is 1.46. The molecular formula is C22H23BrF2N2O3. The lowest BCUT2D eigenvalue weighted by atomic mass is 9.95. The average Bonchev–Trinajstić information content (AvgIpc) is 2.74. The van der Waals surface area contributed by atoms with Crippen molar-refractivity contribution in [3.63, 3.8) is 0 Å². The van der Waals surface area contributed by atoms with Gasteiger partial charge in [-0.2, -0.15) is 0 Å². The van der Waals surface area contributed by atoms with Gasteiger partial charge in [-0.25, -0.2) is 8.78 Å². The number of piperidine rings is 1. The third-order valence-electron chi connectivity index (χ3n) is 5.18. The van der Waals surface area contributed by atoms with Gasteiger partial charge >= 0.3 is 0 Å². The lowest BCUT2D eigenvalue weighted by Crippen LogP contribution is -2.44. The van der Waals surface area contributed by atoms with Crippen LogP contribution in [0.3, 0.4) is 0 Å². The number of carbonyl (C=O) groups excluding carboxylic acids is 2. The SMILES string of the molecule is CN(CCOc1ccc(Br)cc1)C(=O)C1CCN(C(=O)c2ccc(F)cc2F)CC1. The van der Waals surface area contributed by atoms with E-state index in [0.29, 0.717) is 45.1 Å². The zero-order chi connectivity index (χ0) is 21.7. The Morgan fingerprint density at radius 2 is 1.80 bits per heavy atom. The van der Waals surface area contributed by atoms with Crippen molar-refractivity contribution in [3.05, 3.63) is 64.1 Å². The Hall–Kier alpha value is -2.48. The molecule has 0 saturated carbocycles. The van der Waals surface area contributed by atoms with E-state index in [1.807, 2.05) is 24.3 Å². The number of carbonyl (C=O) groups is 2. The van der Waals surface area contributed by atoms with Crippen molar-refractivity contribution in [1.29, 1.82) is 0 Å². The summed E-state index contributed by atoms with van der Waals surface area (Å²) >= 11 is 3.37. The molecule has 0 unspecified atom stereocenters. The molecule has 30 heavy (non-hydrogen) atoms. The number of likely N-dealkylation sites (N-methyl/N-ethyl adjacent to an activating group) is 1. The average molecular weight is 481 g/mol. The van der Waals surface area contributed by atoms with Crippen LogP contribution in [0.1, 0.15) is 23.2 Å². The van der Waals surface area contributed by atoms with Gasteiger partial charge < -0.3 is 14.5 Å². The Kier molecular flexibility index (Phi) is 7.42. The van der Waals surface area contributed by atoms with Crippen molar-refractivity contribution < 1.29 is 23.1 Å².